The molecule has 0 amide bonds. The highest BCUT2D eigenvalue weighted by Gasteiger charge is 2.42. The number of rotatable bonds is 4. The maximum absolute atomic E-state index is 13.1. The van der Waals surface area contributed by atoms with Crippen molar-refractivity contribution in [2.24, 2.45) is 5.41 Å². The number of pyridine rings is 1. The lowest BCUT2D eigenvalue weighted by atomic mass is 9.69. The Morgan fingerprint density at radius 2 is 2.10 bits per heavy atom. The van der Waals surface area contributed by atoms with E-state index in [-0.39, 0.29) is 16.8 Å². The molecule has 7 heteroatoms. The fourth-order valence-electron chi connectivity index (χ4n) is 4.10. The fourth-order valence-corrected chi connectivity index (χ4v) is 4.95. The molecule has 2 N–H and O–H groups in total. The number of anilines is 1. The maximum atomic E-state index is 13.1. The maximum Gasteiger partial charge on any atom is 0.257 e. The Balaban J connectivity index is 1.90. The molecule has 4 rings (SSSR count). The molecule has 0 spiro atoms. The Kier molecular flexibility index (Phi) is 5.11. The van der Waals surface area contributed by atoms with Gasteiger partial charge in [0.25, 0.3) is 5.56 Å². The van der Waals surface area contributed by atoms with E-state index in [9.17, 15) is 9.59 Å². The largest absolute Gasteiger partial charge is 0.343 e. The zero-order valence-corrected chi connectivity index (χ0v) is 18.0. The van der Waals surface area contributed by atoms with Crippen LogP contribution in [0.25, 0.3) is 0 Å². The lowest BCUT2D eigenvalue weighted by Crippen LogP contribution is -2.37. The van der Waals surface area contributed by atoms with Crippen LogP contribution in [0.3, 0.4) is 0 Å². The van der Waals surface area contributed by atoms with Crippen LogP contribution in [-0.2, 0) is 4.79 Å². The average molecular weight is 411 g/mol. The highest BCUT2D eigenvalue weighted by molar-refractivity contribution is 7.99. The van der Waals surface area contributed by atoms with Crippen LogP contribution in [-0.4, -0.2) is 26.0 Å². The topological polar surface area (TPSA) is 87.7 Å². The summed E-state index contributed by atoms with van der Waals surface area (Å²) in [6.07, 6.45) is 5.62. The summed E-state index contributed by atoms with van der Waals surface area (Å²) in [6, 6.07) is 3.76. The molecule has 29 heavy (non-hydrogen) atoms. The highest BCUT2D eigenvalue weighted by Crippen LogP contribution is 2.47. The molecule has 152 valence electrons. The van der Waals surface area contributed by atoms with Gasteiger partial charge in [0.15, 0.2) is 10.9 Å². The van der Waals surface area contributed by atoms with Crippen molar-refractivity contribution in [1.29, 1.82) is 0 Å². The first-order chi connectivity index (χ1) is 13.8. The number of nitrogens with one attached hydrogen (secondary N) is 2. The van der Waals surface area contributed by atoms with Gasteiger partial charge in [0.1, 0.15) is 5.82 Å². The smallest absolute Gasteiger partial charge is 0.257 e. The molecule has 0 fully saturated rings. The lowest BCUT2D eigenvalue weighted by molar-refractivity contribution is -0.118. The normalized spacial score (nSPS) is 21.2. The molecule has 3 heterocycles. The van der Waals surface area contributed by atoms with Gasteiger partial charge in [0.05, 0.1) is 5.56 Å². The molecule has 2 atom stereocenters. The van der Waals surface area contributed by atoms with Crippen molar-refractivity contribution in [1.82, 2.24) is 15.0 Å². The van der Waals surface area contributed by atoms with E-state index in [1.807, 2.05) is 12.1 Å². The highest BCUT2D eigenvalue weighted by atomic mass is 32.2. The number of carbonyl (C=O) groups excluding carboxylic acids is 1. The summed E-state index contributed by atoms with van der Waals surface area (Å²) < 4.78 is 0. The van der Waals surface area contributed by atoms with Crippen LogP contribution < -0.4 is 10.9 Å². The first kappa shape index (κ1) is 19.9. The van der Waals surface area contributed by atoms with E-state index < -0.39 is 5.92 Å². The minimum atomic E-state index is -0.447. The molecule has 0 bridgehead atoms. The number of allylic oxidation sites excluding steroid dienone is 2. The quantitative estimate of drug-likeness (QED) is 0.579. The minimum Gasteiger partial charge on any atom is -0.343 e. The predicted molar refractivity (Wildman–Crippen MR) is 115 cm³/mol. The summed E-state index contributed by atoms with van der Waals surface area (Å²) in [4.78, 5) is 38.2. The zero-order chi connectivity index (χ0) is 20.8. The molecule has 2 aliphatic rings. The third kappa shape index (κ3) is 3.75. The number of H-pyrrole nitrogens is 1. The summed E-state index contributed by atoms with van der Waals surface area (Å²) in [6.45, 7) is 8.41. The van der Waals surface area contributed by atoms with Gasteiger partial charge in [-0.15, -0.1) is 0 Å². The summed E-state index contributed by atoms with van der Waals surface area (Å²) in [5, 5.41) is 4.30. The summed E-state index contributed by atoms with van der Waals surface area (Å²) in [5.74, 6) is 0.191. The zero-order valence-electron chi connectivity index (χ0n) is 17.2. The summed E-state index contributed by atoms with van der Waals surface area (Å²) >= 11 is 1.56. The first-order valence-electron chi connectivity index (χ1n) is 10.0. The number of thioether (sulfide) groups is 1. The first-order valence-corrected chi connectivity index (χ1v) is 10.9. The third-order valence-electron chi connectivity index (χ3n) is 5.61. The molecule has 1 aliphatic heterocycles. The van der Waals surface area contributed by atoms with E-state index in [0.29, 0.717) is 33.8 Å². The van der Waals surface area contributed by atoms with E-state index in [2.05, 4.69) is 43.0 Å². The summed E-state index contributed by atoms with van der Waals surface area (Å²) in [7, 11) is 0. The van der Waals surface area contributed by atoms with Crippen LogP contribution in [0.1, 0.15) is 64.0 Å². The van der Waals surface area contributed by atoms with Crippen LogP contribution in [0.5, 0.6) is 0 Å². The van der Waals surface area contributed by atoms with Crippen molar-refractivity contribution in [2.75, 3.05) is 5.32 Å². The van der Waals surface area contributed by atoms with Crippen molar-refractivity contribution in [3.05, 3.63) is 57.3 Å². The van der Waals surface area contributed by atoms with E-state index in [1.165, 1.54) is 0 Å². The van der Waals surface area contributed by atoms with Gasteiger partial charge in [-0.25, -0.2) is 4.98 Å². The Bertz CT molecular complexity index is 1040. The fraction of sp³-hybridized carbons (Fsp3) is 0.455. The minimum absolute atomic E-state index is 0.0840. The van der Waals surface area contributed by atoms with Crippen molar-refractivity contribution < 1.29 is 4.79 Å². The number of hydrogen-bond acceptors (Lipinski definition) is 6. The number of nitrogens with zero attached hydrogens (tertiary/aromatic N) is 2. The Hall–Kier alpha value is -2.41. The predicted octanol–water partition coefficient (Wildman–Crippen LogP) is 4.26. The van der Waals surface area contributed by atoms with Gasteiger partial charge in [0, 0.05) is 41.3 Å². The van der Waals surface area contributed by atoms with Crippen LogP contribution in [0.15, 0.2) is 45.7 Å². The third-order valence-corrected chi connectivity index (χ3v) is 6.76. The second kappa shape index (κ2) is 7.44. The van der Waals surface area contributed by atoms with Crippen molar-refractivity contribution in [3.63, 3.8) is 0 Å². The molecular weight excluding hydrogens is 384 g/mol. The van der Waals surface area contributed by atoms with Gasteiger partial charge in [0.2, 0.25) is 0 Å². The Morgan fingerprint density at radius 3 is 2.79 bits per heavy atom. The molecule has 2 aromatic rings. The number of ketones is 1. The molecule has 2 aromatic heterocycles. The van der Waals surface area contributed by atoms with Crippen LogP contribution in [0.4, 0.5) is 5.82 Å². The van der Waals surface area contributed by atoms with Crippen LogP contribution in [0, 0.1) is 5.41 Å². The molecule has 0 aromatic carbocycles. The summed E-state index contributed by atoms with van der Waals surface area (Å²) in [5.41, 5.74) is 2.56. The molecule has 6 nitrogen and oxygen atoms in total. The van der Waals surface area contributed by atoms with Gasteiger partial charge in [-0.3, -0.25) is 14.6 Å². The van der Waals surface area contributed by atoms with E-state index in [0.717, 1.165) is 24.1 Å². The van der Waals surface area contributed by atoms with Crippen molar-refractivity contribution in [3.8, 4) is 0 Å². The van der Waals surface area contributed by atoms with Crippen molar-refractivity contribution >= 4 is 23.4 Å². The SMILES string of the molecule is CC[C@H](C)Sc1nc2c(c(=O)[nH]1)[C@@H](c1cccnc1)C1=C(CC(C)(C)CC1=O)N2. The number of aromatic amines is 1. The van der Waals surface area contributed by atoms with Gasteiger partial charge in [-0.05, 0) is 29.9 Å². The number of aromatic nitrogens is 3. The number of carbonyl (C=O) groups is 1. The Labute approximate surface area is 174 Å². The van der Waals surface area contributed by atoms with Gasteiger partial charge >= 0.3 is 0 Å². The van der Waals surface area contributed by atoms with Gasteiger partial charge < -0.3 is 10.3 Å². The average Bonchev–Trinajstić information content (AvgIpc) is 2.66. The van der Waals surface area contributed by atoms with Crippen LogP contribution >= 0.6 is 11.8 Å². The van der Waals surface area contributed by atoms with Crippen molar-refractivity contribution in [2.45, 2.75) is 63.3 Å². The second-order valence-electron chi connectivity index (χ2n) is 8.65. The Morgan fingerprint density at radius 1 is 1.31 bits per heavy atom. The molecule has 1 aliphatic carbocycles. The van der Waals surface area contributed by atoms with Crippen LogP contribution in [0.2, 0.25) is 0 Å². The standard InChI is InChI=1S/C22H26N4O2S/c1-5-12(2)29-21-25-19-18(20(28)26-21)16(13-7-6-8-23-11-13)17-14(24-19)9-22(3,4)10-15(17)27/h6-8,11-12,16H,5,9-10H2,1-4H3,(H2,24,25,26,28)/t12-,16-/m0/s1. The molecule has 0 saturated heterocycles. The van der Waals surface area contributed by atoms with Gasteiger partial charge in [-0.1, -0.05) is 45.5 Å². The molecule has 0 saturated carbocycles. The van der Waals surface area contributed by atoms with Gasteiger partial charge in [-0.2, -0.15) is 0 Å². The molecule has 0 radical (unpaired) electrons. The molecular formula is C22H26N4O2S. The van der Waals surface area contributed by atoms with E-state index in [1.54, 1.807) is 24.2 Å². The number of fused-ring (bicyclic) bond motifs is 1. The van der Waals surface area contributed by atoms with E-state index >= 15 is 0 Å². The number of hydrogen-bond donors (Lipinski definition) is 2. The lowest BCUT2D eigenvalue weighted by Gasteiger charge is -2.38. The monoisotopic (exact) mass is 410 g/mol. The molecule has 0 unspecified atom stereocenters. The second-order valence-corrected chi connectivity index (χ2v) is 10.1. The van der Waals surface area contributed by atoms with E-state index in [4.69, 9.17) is 4.98 Å². The number of Topliss-reactive ketones (excluding diaryl/α,β-unsaturated/α-hetero) is 1.